The Labute approximate surface area is 97.3 Å². The van der Waals surface area contributed by atoms with Crippen LogP contribution in [0.1, 0.15) is 12.8 Å². The topological polar surface area (TPSA) is 35.5 Å². The van der Waals surface area contributed by atoms with Crippen LogP contribution in [-0.4, -0.2) is 25.6 Å². The van der Waals surface area contributed by atoms with Crippen molar-refractivity contribution < 1.29 is 40.0 Å². The van der Waals surface area contributed by atoms with Crippen molar-refractivity contribution in [2.75, 3.05) is 13.2 Å². The van der Waals surface area contributed by atoms with E-state index in [1.165, 1.54) is 0 Å². The molecule has 0 bridgehead atoms. The van der Waals surface area contributed by atoms with Gasteiger partial charge in [-0.1, -0.05) is 0 Å². The standard InChI is InChI=1S/C6H8ClF6O3P/c7-17(14,15-3-1-5(8,9)10)16-4-2-6(11,12)13/h1-4H2. The molecular weight excluding hydrogens is 300 g/mol. The zero-order valence-electron chi connectivity index (χ0n) is 8.15. The molecule has 17 heavy (non-hydrogen) atoms. The Hall–Kier alpha value is 0.0200. The van der Waals surface area contributed by atoms with Crippen LogP contribution in [0.5, 0.6) is 0 Å². The maximum absolute atomic E-state index is 11.6. The molecule has 11 heteroatoms. The van der Waals surface area contributed by atoms with E-state index < -0.39 is 45.4 Å². The molecule has 0 spiro atoms. The molecule has 0 N–H and O–H groups in total. The van der Waals surface area contributed by atoms with Crippen LogP contribution in [0.25, 0.3) is 0 Å². The first-order chi connectivity index (χ1) is 7.41. The van der Waals surface area contributed by atoms with Crippen LogP contribution in [-0.2, 0) is 13.6 Å². The summed E-state index contributed by atoms with van der Waals surface area (Å²) in [6.45, 7) is -6.48. The fourth-order valence-electron chi connectivity index (χ4n) is 0.578. The minimum absolute atomic E-state index is 1.05. The lowest BCUT2D eigenvalue weighted by Gasteiger charge is -2.13. The van der Waals surface area contributed by atoms with Crippen molar-refractivity contribution in [2.45, 2.75) is 25.2 Å². The second-order valence-electron chi connectivity index (χ2n) is 2.83. The van der Waals surface area contributed by atoms with Gasteiger partial charge in [-0.2, -0.15) is 26.3 Å². The highest BCUT2D eigenvalue weighted by Crippen LogP contribution is 2.54. The monoisotopic (exact) mass is 308 g/mol. The van der Waals surface area contributed by atoms with E-state index in [4.69, 9.17) is 11.2 Å². The van der Waals surface area contributed by atoms with Gasteiger partial charge in [0.05, 0.1) is 26.1 Å². The van der Waals surface area contributed by atoms with Crippen molar-refractivity contribution in [1.29, 1.82) is 0 Å². The molecule has 0 heterocycles. The molecule has 0 atom stereocenters. The first-order valence-electron chi connectivity index (χ1n) is 4.14. The molecule has 0 amide bonds. The van der Waals surface area contributed by atoms with Gasteiger partial charge >= 0.3 is 19.3 Å². The van der Waals surface area contributed by atoms with Crippen LogP contribution >= 0.6 is 18.2 Å². The zero-order valence-corrected chi connectivity index (χ0v) is 9.80. The lowest BCUT2D eigenvalue weighted by molar-refractivity contribution is -0.141. The van der Waals surface area contributed by atoms with Crippen LogP contribution in [0.3, 0.4) is 0 Å². The van der Waals surface area contributed by atoms with Gasteiger partial charge in [-0.3, -0.25) is 9.05 Å². The Morgan fingerprint density at radius 1 is 0.882 bits per heavy atom. The van der Waals surface area contributed by atoms with Crippen LogP contribution in [0, 0.1) is 0 Å². The van der Waals surface area contributed by atoms with Gasteiger partial charge in [0.15, 0.2) is 0 Å². The summed E-state index contributed by atoms with van der Waals surface area (Å²) in [6, 6.07) is 0. The summed E-state index contributed by atoms with van der Waals surface area (Å²) in [5, 5.41) is 0. The molecule has 0 radical (unpaired) electrons. The van der Waals surface area contributed by atoms with Gasteiger partial charge in [-0.25, -0.2) is 4.57 Å². The molecule has 0 aliphatic rings. The minimum Gasteiger partial charge on any atom is -0.297 e. The lowest BCUT2D eigenvalue weighted by atomic mass is 10.5. The zero-order chi connectivity index (χ0) is 13.7. The molecule has 0 aliphatic heterocycles. The molecular formula is C6H8ClF6O3P. The summed E-state index contributed by atoms with van der Waals surface area (Å²) in [5.41, 5.74) is 0. The van der Waals surface area contributed by atoms with Gasteiger partial charge in [0.2, 0.25) is 0 Å². The second kappa shape index (κ2) is 6.26. The number of rotatable bonds is 6. The van der Waals surface area contributed by atoms with Crippen molar-refractivity contribution in [2.24, 2.45) is 0 Å². The third-order valence-electron chi connectivity index (χ3n) is 1.26. The average molecular weight is 309 g/mol. The van der Waals surface area contributed by atoms with Crippen molar-refractivity contribution in [3.63, 3.8) is 0 Å². The Bertz CT molecular complexity index is 254. The summed E-state index contributed by atoms with van der Waals surface area (Å²) in [6.07, 6.45) is -11.9. The molecule has 0 saturated heterocycles. The Balaban J connectivity index is 3.85. The molecule has 104 valence electrons. The number of halogens is 7. The summed E-state index contributed by atoms with van der Waals surface area (Å²) >= 11 is 4.97. The predicted octanol–water partition coefficient (Wildman–Crippen LogP) is 4.27. The van der Waals surface area contributed by atoms with E-state index in [-0.39, 0.29) is 0 Å². The first kappa shape index (κ1) is 17.0. The van der Waals surface area contributed by atoms with Crippen LogP contribution in [0.15, 0.2) is 0 Å². The maximum atomic E-state index is 11.6. The third-order valence-corrected chi connectivity index (χ3v) is 2.83. The summed E-state index contributed by atoms with van der Waals surface area (Å²) in [5.74, 6) is 0. The normalized spacial score (nSPS) is 14.1. The van der Waals surface area contributed by atoms with Crippen molar-refractivity contribution in [1.82, 2.24) is 0 Å². The highest BCUT2D eigenvalue weighted by Gasteiger charge is 2.32. The van der Waals surface area contributed by atoms with E-state index in [1.807, 2.05) is 0 Å². The van der Waals surface area contributed by atoms with Gasteiger partial charge in [-0.15, -0.1) is 0 Å². The summed E-state index contributed by atoms with van der Waals surface area (Å²) in [4.78, 5) is 0. The maximum Gasteiger partial charge on any atom is 0.424 e. The highest BCUT2D eigenvalue weighted by molar-refractivity contribution is 7.81. The molecule has 0 aromatic heterocycles. The van der Waals surface area contributed by atoms with Crippen LogP contribution in [0.2, 0.25) is 0 Å². The first-order valence-corrected chi connectivity index (χ1v) is 6.58. The summed E-state index contributed by atoms with van der Waals surface area (Å²) < 4.78 is 88.9. The van der Waals surface area contributed by atoms with Gasteiger partial charge in [0, 0.05) is 11.2 Å². The van der Waals surface area contributed by atoms with Crippen molar-refractivity contribution in [3.05, 3.63) is 0 Å². The van der Waals surface area contributed by atoms with Crippen LogP contribution < -0.4 is 0 Å². The molecule has 0 aliphatic carbocycles. The molecule has 0 aromatic carbocycles. The molecule has 0 rings (SSSR count). The van der Waals surface area contributed by atoms with E-state index in [0.29, 0.717) is 0 Å². The van der Waals surface area contributed by atoms with E-state index in [2.05, 4.69) is 9.05 Å². The van der Waals surface area contributed by atoms with Gasteiger partial charge in [0.1, 0.15) is 0 Å². The Morgan fingerprint density at radius 2 is 1.18 bits per heavy atom. The van der Waals surface area contributed by atoms with E-state index in [1.54, 1.807) is 0 Å². The SMILES string of the molecule is O=P(Cl)(OCCC(F)(F)F)OCCC(F)(F)F. The molecule has 0 unspecified atom stereocenters. The fourth-order valence-corrected chi connectivity index (χ4v) is 1.69. The van der Waals surface area contributed by atoms with Gasteiger partial charge in [0.25, 0.3) is 0 Å². The molecule has 0 saturated carbocycles. The third kappa shape index (κ3) is 12.3. The lowest BCUT2D eigenvalue weighted by Crippen LogP contribution is -2.12. The van der Waals surface area contributed by atoms with E-state index in [9.17, 15) is 30.9 Å². The largest absolute Gasteiger partial charge is 0.424 e. The second-order valence-corrected chi connectivity index (χ2v) is 5.45. The number of alkyl halides is 6. The Morgan fingerprint density at radius 3 is 1.41 bits per heavy atom. The minimum atomic E-state index is -4.54. The van der Waals surface area contributed by atoms with Gasteiger partial charge < -0.3 is 0 Å². The fraction of sp³-hybridized carbons (Fsp3) is 1.00. The van der Waals surface area contributed by atoms with Gasteiger partial charge in [-0.05, 0) is 0 Å². The van der Waals surface area contributed by atoms with Crippen molar-refractivity contribution >= 4 is 18.2 Å². The number of hydrogen-bond donors (Lipinski definition) is 0. The van der Waals surface area contributed by atoms with Crippen molar-refractivity contribution in [3.8, 4) is 0 Å². The Kier molecular flexibility index (Phi) is 6.27. The predicted molar refractivity (Wildman–Crippen MR) is 46.7 cm³/mol. The molecule has 3 nitrogen and oxygen atoms in total. The highest BCUT2D eigenvalue weighted by atomic mass is 35.7. The van der Waals surface area contributed by atoms with Crippen LogP contribution in [0.4, 0.5) is 26.3 Å². The smallest absolute Gasteiger partial charge is 0.297 e. The summed E-state index contributed by atoms with van der Waals surface area (Å²) in [7, 11) is 0. The molecule has 0 aromatic rings. The van der Waals surface area contributed by atoms with E-state index >= 15 is 0 Å². The number of hydrogen-bond acceptors (Lipinski definition) is 3. The van der Waals surface area contributed by atoms with E-state index in [0.717, 1.165) is 0 Å². The quantitative estimate of drug-likeness (QED) is 0.543. The average Bonchev–Trinajstić information content (AvgIpc) is 1.96. The molecule has 0 fully saturated rings.